The fourth-order valence-corrected chi connectivity index (χ4v) is 4.90. The van der Waals surface area contributed by atoms with Crippen LogP contribution in [0.3, 0.4) is 0 Å². The molecule has 1 amide bonds. The van der Waals surface area contributed by atoms with Crippen molar-refractivity contribution in [2.45, 2.75) is 31.6 Å². The van der Waals surface area contributed by atoms with Gasteiger partial charge in [0.1, 0.15) is 0 Å². The van der Waals surface area contributed by atoms with Gasteiger partial charge in [-0.1, -0.05) is 18.2 Å². The van der Waals surface area contributed by atoms with Crippen LogP contribution >= 0.6 is 0 Å². The number of hydrazone groups is 1. The zero-order valence-electron chi connectivity index (χ0n) is 20.1. The third-order valence-corrected chi connectivity index (χ3v) is 6.75. The van der Waals surface area contributed by atoms with Crippen molar-refractivity contribution in [3.63, 3.8) is 0 Å². The Balaban J connectivity index is 1.41. The summed E-state index contributed by atoms with van der Waals surface area (Å²) in [5, 5.41) is 18.8. The monoisotopic (exact) mass is 479 g/mol. The number of hydrogen-bond acceptors (Lipinski definition) is 6. The number of ether oxygens (including phenoxy) is 2. The van der Waals surface area contributed by atoms with Crippen LogP contribution in [-0.4, -0.2) is 68.2 Å². The standard InChI is InChI=1S/C27H33N3O5/c1-34-13-10-25-22(17-26(31)32)7-6-21-16-23(8-9-24(21)25)29-27(33)20-4-2-19(3-5-20)18-28-30-11-14-35-15-12-30/h2-5,8-9,16,18,22,25H,6-7,10-15,17H2,1H3,(H,29,33)(H,31,32). The molecular weight excluding hydrogens is 446 g/mol. The van der Waals surface area contributed by atoms with Gasteiger partial charge in [-0.2, -0.15) is 5.10 Å². The summed E-state index contributed by atoms with van der Waals surface area (Å²) in [4.78, 5) is 24.2. The van der Waals surface area contributed by atoms with Crippen LogP contribution in [0.15, 0.2) is 47.6 Å². The molecule has 4 rings (SSSR count). The van der Waals surface area contributed by atoms with Gasteiger partial charge in [-0.3, -0.25) is 14.6 Å². The average Bonchev–Trinajstić information content (AvgIpc) is 2.87. The van der Waals surface area contributed by atoms with Gasteiger partial charge in [-0.05, 0) is 72.1 Å². The lowest BCUT2D eigenvalue weighted by molar-refractivity contribution is -0.138. The normalized spacial score (nSPS) is 20.0. The topological polar surface area (TPSA) is 100 Å². The molecule has 1 aliphatic carbocycles. The largest absolute Gasteiger partial charge is 0.481 e. The van der Waals surface area contributed by atoms with Crippen molar-refractivity contribution in [2.75, 3.05) is 45.3 Å². The van der Waals surface area contributed by atoms with E-state index in [0.29, 0.717) is 25.4 Å². The predicted octanol–water partition coefficient (Wildman–Crippen LogP) is 3.76. The van der Waals surface area contributed by atoms with Gasteiger partial charge in [-0.15, -0.1) is 0 Å². The number of hydrogen-bond donors (Lipinski definition) is 2. The maximum Gasteiger partial charge on any atom is 0.303 e. The molecule has 8 nitrogen and oxygen atoms in total. The molecule has 2 aliphatic rings. The zero-order valence-corrected chi connectivity index (χ0v) is 20.1. The Morgan fingerprint density at radius 2 is 1.97 bits per heavy atom. The zero-order chi connectivity index (χ0) is 24.6. The van der Waals surface area contributed by atoms with E-state index in [1.54, 1.807) is 25.5 Å². The maximum atomic E-state index is 12.8. The first-order valence-corrected chi connectivity index (χ1v) is 12.1. The van der Waals surface area contributed by atoms with Crippen molar-refractivity contribution in [2.24, 2.45) is 11.0 Å². The van der Waals surface area contributed by atoms with E-state index in [4.69, 9.17) is 9.47 Å². The molecule has 186 valence electrons. The molecule has 1 fully saturated rings. The Morgan fingerprint density at radius 1 is 1.20 bits per heavy atom. The number of rotatable bonds is 9. The molecule has 0 spiro atoms. The third kappa shape index (κ3) is 6.68. The lowest BCUT2D eigenvalue weighted by Gasteiger charge is -2.33. The summed E-state index contributed by atoms with van der Waals surface area (Å²) in [6.07, 6.45) is 4.37. The number of anilines is 1. The summed E-state index contributed by atoms with van der Waals surface area (Å²) in [6.45, 7) is 3.54. The molecule has 1 heterocycles. The Kier molecular flexibility index (Phi) is 8.50. The molecule has 35 heavy (non-hydrogen) atoms. The van der Waals surface area contributed by atoms with E-state index in [9.17, 15) is 14.7 Å². The summed E-state index contributed by atoms with van der Waals surface area (Å²) in [6, 6.07) is 13.3. The van der Waals surface area contributed by atoms with Crippen LogP contribution in [0.25, 0.3) is 0 Å². The highest BCUT2D eigenvalue weighted by atomic mass is 16.5. The summed E-state index contributed by atoms with van der Waals surface area (Å²) >= 11 is 0. The van der Waals surface area contributed by atoms with Crippen molar-refractivity contribution < 1.29 is 24.2 Å². The van der Waals surface area contributed by atoms with Crippen molar-refractivity contribution in [1.29, 1.82) is 0 Å². The molecule has 0 radical (unpaired) electrons. The van der Waals surface area contributed by atoms with E-state index in [0.717, 1.165) is 43.6 Å². The second kappa shape index (κ2) is 12.0. The lowest BCUT2D eigenvalue weighted by atomic mass is 9.72. The second-order valence-corrected chi connectivity index (χ2v) is 9.08. The molecule has 0 aromatic heterocycles. The Hall–Kier alpha value is -3.23. The molecule has 0 bridgehead atoms. The fourth-order valence-electron chi connectivity index (χ4n) is 4.90. The number of aryl methyl sites for hydroxylation is 1. The van der Waals surface area contributed by atoms with Crippen LogP contribution in [0.4, 0.5) is 5.69 Å². The highest BCUT2D eigenvalue weighted by molar-refractivity contribution is 6.04. The first kappa shape index (κ1) is 24.9. The summed E-state index contributed by atoms with van der Waals surface area (Å²) < 4.78 is 10.6. The van der Waals surface area contributed by atoms with Gasteiger partial charge < -0.3 is 19.9 Å². The van der Waals surface area contributed by atoms with Gasteiger partial charge in [0.2, 0.25) is 0 Å². The first-order valence-electron chi connectivity index (χ1n) is 12.1. The maximum absolute atomic E-state index is 12.8. The van der Waals surface area contributed by atoms with Gasteiger partial charge in [0, 0.05) is 31.4 Å². The number of carbonyl (C=O) groups is 2. The second-order valence-electron chi connectivity index (χ2n) is 9.08. The quantitative estimate of drug-likeness (QED) is 0.531. The molecule has 1 aliphatic heterocycles. The van der Waals surface area contributed by atoms with E-state index in [1.165, 1.54) is 11.1 Å². The van der Waals surface area contributed by atoms with Gasteiger partial charge in [-0.25, -0.2) is 0 Å². The van der Waals surface area contributed by atoms with Crippen molar-refractivity contribution in [3.8, 4) is 0 Å². The molecule has 8 heteroatoms. The fraction of sp³-hybridized carbons (Fsp3) is 0.444. The van der Waals surface area contributed by atoms with Gasteiger partial charge in [0.25, 0.3) is 5.91 Å². The Labute approximate surface area is 205 Å². The number of methoxy groups -OCH3 is 1. The number of aliphatic carboxylic acids is 1. The minimum absolute atomic E-state index is 0.0980. The van der Waals surface area contributed by atoms with Crippen molar-refractivity contribution in [1.82, 2.24) is 5.01 Å². The van der Waals surface area contributed by atoms with E-state index in [2.05, 4.69) is 10.4 Å². The Bertz CT molecular complexity index is 1050. The molecule has 2 aromatic carbocycles. The molecule has 2 atom stereocenters. The summed E-state index contributed by atoms with van der Waals surface area (Å²) in [7, 11) is 1.66. The summed E-state index contributed by atoms with van der Waals surface area (Å²) in [5.74, 6) is -0.688. The smallest absolute Gasteiger partial charge is 0.303 e. The number of morpholine rings is 1. The van der Waals surface area contributed by atoms with E-state index < -0.39 is 5.97 Å². The van der Waals surface area contributed by atoms with Crippen LogP contribution in [0.2, 0.25) is 0 Å². The molecule has 2 aromatic rings. The SMILES string of the molecule is COCCC1c2ccc(NC(=O)c3ccc(C=NN4CCOCC4)cc3)cc2CCC1CC(=O)O. The predicted molar refractivity (Wildman–Crippen MR) is 134 cm³/mol. The van der Waals surface area contributed by atoms with Crippen LogP contribution in [-0.2, 0) is 20.7 Å². The minimum atomic E-state index is -0.761. The molecule has 0 saturated carbocycles. The number of fused-ring (bicyclic) bond motifs is 1. The van der Waals surface area contributed by atoms with Crippen molar-refractivity contribution >= 4 is 23.8 Å². The van der Waals surface area contributed by atoms with Crippen LogP contribution in [0, 0.1) is 5.92 Å². The van der Waals surface area contributed by atoms with Crippen molar-refractivity contribution in [3.05, 3.63) is 64.7 Å². The highest BCUT2D eigenvalue weighted by Gasteiger charge is 2.31. The number of amides is 1. The minimum Gasteiger partial charge on any atom is -0.481 e. The Morgan fingerprint density at radius 3 is 2.69 bits per heavy atom. The van der Waals surface area contributed by atoms with E-state index in [1.807, 2.05) is 35.3 Å². The number of carboxylic acids is 1. The number of nitrogens with zero attached hydrogens (tertiary/aromatic N) is 2. The number of nitrogens with one attached hydrogen (secondary N) is 1. The lowest BCUT2D eigenvalue weighted by Crippen LogP contribution is -2.32. The van der Waals surface area contributed by atoms with Crippen LogP contribution < -0.4 is 5.32 Å². The van der Waals surface area contributed by atoms with Gasteiger partial charge >= 0.3 is 5.97 Å². The van der Waals surface area contributed by atoms with E-state index >= 15 is 0 Å². The van der Waals surface area contributed by atoms with Crippen LogP contribution in [0.1, 0.15) is 52.2 Å². The molecular formula is C27H33N3O5. The molecule has 2 N–H and O–H groups in total. The number of carboxylic acid groups (broad SMARTS) is 1. The molecule has 1 saturated heterocycles. The summed E-state index contributed by atoms with van der Waals surface area (Å²) in [5.41, 5.74) is 4.58. The molecule has 2 unspecified atom stereocenters. The number of carbonyl (C=O) groups excluding carboxylic acids is 1. The van der Waals surface area contributed by atoms with Crippen LogP contribution in [0.5, 0.6) is 0 Å². The van der Waals surface area contributed by atoms with Gasteiger partial charge in [0.05, 0.1) is 32.5 Å². The number of benzene rings is 2. The van der Waals surface area contributed by atoms with E-state index in [-0.39, 0.29) is 24.2 Å². The van der Waals surface area contributed by atoms with Gasteiger partial charge in [0.15, 0.2) is 0 Å². The average molecular weight is 480 g/mol. The first-order chi connectivity index (χ1) is 17.0. The third-order valence-electron chi connectivity index (χ3n) is 6.75. The highest BCUT2D eigenvalue weighted by Crippen LogP contribution is 2.41.